The lowest BCUT2D eigenvalue weighted by molar-refractivity contribution is -0.120. The Bertz CT molecular complexity index is 1180. The van der Waals surface area contributed by atoms with Gasteiger partial charge in [0.05, 0.1) is 25.5 Å². The van der Waals surface area contributed by atoms with Crippen LogP contribution in [0.25, 0.3) is 5.57 Å². The molecule has 0 radical (unpaired) electrons. The van der Waals surface area contributed by atoms with Crippen molar-refractivity contribution >= 4 is 28.8 Å². The summed E-state index contributed by atoms with van der Waals surface area (Å²) in [6.07, 6.45) is 0. The van der Waals surface area contributed by atoms with E-state index >= 15 is 0 Å². The van der Waals surface area contributed by atoms with E-state index in [0.29, 0.717) is 28.3 Å². The van der Waals surface area contributed by atoms with Gasteiger partial charge in [-0.05, 0) is 48.4 Å². The van der Waals surface area contributed by atoms with Crippen molar-refractivity contribution in [1.82, 2.24) is 0 Å². The smallest absolute Gasteiger partial charge is 0.282 e. The van der Waals surface area contributed by atoms with E-state index in [2.05, 4.69) is 5.32 Å². The van der Waals surface area contributed by atoms with Crippen LogP contribution in [0, 0.1) is 6.92 Å². The highest BCUT2D eigenvalue weighted by Crippen LogP contribution is 2.35. The third-order valence-electron chi connectivity index (χ3n) is 5.18. The van der Waals surface area contributed by atoms with Crippen LogP contribution in [0.5, 0.6) is 11.5 Å². The van der Waals surface area contributed by atoms with Gasteiger partial charge in [-0.2, -0.15) is 0 Å². The third kappa shape index (κ3) is 3.75. The van der Waals surface area contributed by atoms with E-state index in [1.807, 2.05) is 31.2 Å². The molecule has 0 fully saturated rings. The lowest BCUT2D eigenvalue weighted by Crippen LogP contribution is -2.32. The molecule has 0 saturated carbocycles. The fourth-order valence-electron chi connectivity index (χ4n) is 3.50. The summed E-state index contributed by atoms with van der Waals surface area (Å²) in [5.41, 5.74) is 3.33. The summed E-state index contributed by atoms with van der Waals surface area (Å²) in [4.78, 5) is 28.1. The van der Waals surface area contributed by atoms with Gasteiger partial charge in [-0.15, -0.1) is 0 Å². The van der Waals surface area contributed by atoms with Crippen LogP contribution in [-0.2, 0) is 9.59 Å². The van der Waals surface area contributed by atoms with E-state index in [9.17, 15) is 9.59 Å². The maximum atomic E-state index is 13.5. The third-order valence-corrected chi connectivity index (χ3v) is 5.18. The van der Waals surface area contributed by atoms with Crippen LogP contribution in [-0.4, -0.2) is 26.0 Å². The molecule has 0 aliphatic carbocycles. The normalized spacial score (nSPS) is 13.6. The zero-order chi connectivity index (χ0) is 22.0. The van der Waals surface area contributed by atoms with Crippen molar-refractivity contribution in [2.24, 2.45) is 0 Å². The second-order valence-electron chi connectivity index (χ2n) is 7.07. The summed E-state index contributed by atoms with van der Waals surface area (Å²) in [6.45, 7) is 1.94. The molecule has 1 N–H and O–H groups in total. The van der Waals surface area contributed by atoms with Crippen molar-refractivity contribution < 1.29 is 19.1 Å². The Labute approximate surface area is 180 Å². The van der Waals surface area contributed by atoms with Crippen LogP contribution < -0.4 is 19.7 Å². The number of ether oxygens (including phenoxy) is 2. The molecule has 0 atom stereocenters. The van der Waals surface area contributed by atoms with E-state index in [1.54, 1.807) is 62.8 Å². The van der Waals surface area contributed by atoms with E-state index < -0.39 is 11.8 Å². The van der Waals surface area contributed by atoms with E-state index in [1.165, 1.54) is 4.90 Å². The molecule has 6 heteroatoms. The average molecular weight is 414 g/mol. The standard InChI is InChI=1S/C25H22N2O4/c1-16-7-4-5-10-21(16)26-23-22(17-11-13-19(30-2)14-12-17)24(28)27(25(23)29)18-8-6-9-20(15-18)31-3/h4-15,26H,1-3H3. The fourth-order valence-corrected chi connectivity index (χ4v) is 3.50. The van der Waals surface area contributed by atoms with E-state index in [0.717, 1.165) is 11.3 Å². The number of anilines is 2. The number of methoxy groups -OCH3 is 2. The topological polar surface area (TPSA) is 67.9 Å². The predicted molar refractivity (Wildman–Crippen MR) is 120 cm³/mol. The molecule has 2 amide bonds. The molecule has 3 aromatic rings. The molecule has 6 nitrogen and oxygen atoms in total. The van der Waals surface area contributed by atoms with Crippen LogP contribution >= 0.6 is 0 Å². The van der Waals surface area contributed by atoms with Crippen molar-refractivity contribution in [3.05, 3.63) is 89.6 Å². The van der Waals surface area contributed by atoms with Crippen molar-refractivity contribution in [2.75, 3.05) is 24.4 Å². The van der Waals surface area contributed by atoms with Gasteiger partial charge in [0.25, 0.3) is 11.8 Å². The number of rotatable bonds is 6. The summed E-state index contributed by atoms with van der Waals surface area (Å²) in [6, 6.07) is 21.6. The number of hydrogen-bond donors (Lipinski definition) is 1. The molecule has 156 valence electrons. The SMILES string of the molecule is COc1ccc(C2=C(Nc3ccccc3C)C(=O)N(c3cccc(OC)c3)C2=O)cc1. The first-order valence-electron chi connectivity index (χ1n) is 9.77. The van der Waals surface area contributed by atoms with E-state index in [-0.39, 0.29) is 5.70 Å². The van der Waals surface area contributed by atoms with Crippen LogP contribution in [0.2, 0.25) is 0 Å². The molecule has 1 aliphatic rings. The van der Waals surface area contributed by atoms with Gasteiger partial charge in [0.2, 0.25) is 0 Å². The predicted octanol–water partition coefficient (Wildman–Crippen LogP) is 4.41. The lowest BCUT2D eigenvalue weighted by atomic mass is 10.0. The number of carbonyl (C=O) groups excluding carboxylic acids is 2. The monoisotopic (exact) mass is 414 g/mol. The van der Waals surface area contributed by atoms with Gasteiger partial charge >= 0.3 is 0 Å². The van der Waals surface area contributed by atoms with Crippen molar-refractivity contribution in [2.45, 2.75) is 6.92 Å². The average Bonchev–Trinajstić information content (AvgIpc) is 3.04. The van der Waals surface area contributed by atoms with Crippen molar-refractivity contribution in [1.29, 1.82) is 0 Å². The van der Waals surface area contributed by atoms with Gasteiger partial charge in [0, 0.05) is 11.8 Å². The first-order valence-corrected chi connectivity index (χ1v) is 9.77. The zero-order valence-corrected chi connectivity index (χ0v) is 17.5. The molecule has 3 aromatic carbocycles. The maximum Gasteiger partial charge on any atom is 0.282 e. The Morgan fingerprint density at radius 2 is 1.48 bits per heavy atom. The number of nitrogens with one attached hydrogen (secondary N) is 1. The van der Waals surface area contributed by atoms with E-state index in [4.69, 9.17) is 9.47 Å². The summed E-state index contributed by atoms with van der Waals surface area (Å²) >= 11 is 0. The van der Waals surface area contributed by atoms with Crippen LogP contribution in [0.4, 0.5) is 11.4 Å². The number of amides is 2. The highest BCUT2D eigenvalue weighted by molar-refractivity contribution is 6.46. The number of imide groups is 1. The minimum Gasteiger partial charge on any atom is -0.497 e. The van der Waals surface area contributed by atoms with Crippen molar-refractivity contribution in [3.8, 4) is 11.5 Å². The van der Waals surface area contributed by atoms with Gasteiger partial charge in [-0.1, -0.05) is 36.4 Å². The molecular formula is C25H22N2O4. The molecule has 0 bridgehead atoms. The summed E-state index contributed by atoms with van der Waals surface area (Å²) in [5.74, 6) is 0.399. The number of benzene rings is 3. The largest absolute Gasteiger partial charge is 0.497 e. The van der Waals surface area contributed by atoms with Crippen LogP contribution in [0.15, 0.2) is 78.5 Å². The summed E-state index contributed by atoms with van der Waals surface area (Å²) < 4.78 is 10.5. The van der Waals surface area contributed by atoms with Gasteiger partial charge in [-0.3, -0.25) is 9.59 Å². The Hall–Kier alpha value is -4.06. The lowest BCUT2D eigenvalue weighted by Gasteiger charge is -2.16. The minimum absolute atomic E-state index is 0.229. The minimum atomic E-state index is -0.424. The molecule has 1 aliphatic heterocycles. The second-order valence-corrected chi connectivity index (χ2v) is 7.07. The van der Waals surface area contributed by atoms with Gasteiger partial charge < -0.3 is 14.8 Å². The summed E-state index contributed by atoms with van der Waals surface area (Å²) in [7, 11) is 3.12. The zero-order valence-electron chi connectivity index (χ0n) is 17.5. The molecule has 1 heterocycles. The van der Waals surface area contributed by atoms with Gasteiger partial charge in [0.1, 0.15) is 17.2 Å². The van der Waals surface area contributed by atoms with Crippen LogP contribution in [0.1, 0.15) is 11.1 Å². The number of aryl methyl sites for hydroxylation is 1. The molecule has 4 rings (SSSR count). The first-order chi connectivity index (χ1) is 15.0. The molecule has 0 spiro atoms. The number of carbonyl (C=O) groups is 2. The molecule has 0 saturated heterocycles. The van der Waals surface area contributed by atoms with Gasteiger partial charge in [-0.25, -0.2) is 4.90 Å². The fraction of sp³-hybridized carbons (Fsp3) is 0.120. The highest BCUT2D eigenvalue weighted by atomic mass is 16.5. The first kappa shape index (κ1) is 20.2. The van der Waals surface area contributed by atoms with Crippen LogP contribution in [0.3, 0.4) is 0 Å². The molecule has 31 heavy (non-hydrogen) atoms. The number of nitrogens with zero attached hydrogens (tertiary/aromatic N) is 1. The maximum absolute atomic E-state index is 13.5. The molecule has 0 unspecified atom stereocenters. The Morgan fingerprint density at radius 1 is 0.774 bits per heavy atom. The summed E-state index contributed by atoms with van der Waals surface area (Å²) in [5, 5.41) is 3.20. The molecular weight excluding hydrogens is 392 g/mol. The number of para-hydroxylation sites is 1. The Balaban J connectivity index is 1.83. The Kier molecular flexibility index (Phi) is 5.45. The Morgan fingerprint density at radius 3 is 2.16 bits per heavy atom. The second kappa shape index (κ2) is 8.36. The van der Waals surface area contributed by atoms with Crippen molar-refractivity contribution in [3.63, 3.8) is 0 Å². The van der Waals surface area contributed by atoms with Gasteiger partial charge in [0.15, 0.2) is 0 Å². The quantitative estimate of drug-likeness (QED) is 0.605. The number of hydrogen-bond acceptors (Lipinski definition) is 5. The molecule has 0 aromatic heterocycles. The highest BCUT2D eigenvalue weighted by Gasteiger charge is 2.40.